The van der Waals surface area contributed by atoms with Crippen LogP contribution in [0.5, 0.6) is 5.75 Å². The number of ether oxygens (including phenoxy) is 1. The Bertz CT molecular complexity index is 2030. The van der Waals surface area contributed by atoms with E-state index in [0.717, 1.165) is 22.2 Å². The van der Waals surface area contributed by atoms with Crippen molar-refractivity contribution in [2.75, 3.05) is 49.6 Å². The van der Waals surface area contributed by atoms with Gasteiger partial charge in [-0.05, 0) is 56.0 Å². The number of aromatic hydroxyl groups is 1. The van der Waals surface area contributed by atoms with Crippen molar-refractivity contribution in [2.24, 2.45) is 0 Å². The Morgan fingerprint density at radius 1 is 1.10 bits per heavy atom. The number of carbonyl (C=O) groups excluding carboxylic acids is 2. The molecule has 0 saturated carbocycles. The summed E-state index contributed by atoms with van der Waals surface area (Å²) < 4.78 is 47.9. The molecule has 1 aromatic carbocycles. The minimum Gasteiger partial charge on any atom is -0.504 e. The fourth-order valence-electron chi connectivity index (χ4n) is 6.01. The summed E-state index contributed by atoms with van der Waals surface area (Å²) in [6.07, 6.45) is -0.665. The first kappa shape index (κ1) is 33.6. The van der Waals surface area contributed by atoms with Crippen LogP contribution >= 0.6 is 0 Å². The molecule has 4 aromatic rings. The first-order chi connectivity index (χ1) is 23.3. The number of nitrogens with one attached hydrogen (secondary N) is 1. The monoisotopic (exact) mass is 681 g/mol. The second-order valence-corrected chi connectivity index (χ2v) is 11.7. The molecule has 258 valence electrons. The number of halogens is 3. The maximum Gasteiger partial charge on any atom is 0.416 e. The summed E-state index contributed by atoms with van der Waals surface area (Å²) in [4.78, 5) is 56.9. The van der Waals surface area contributed by atoms with Gasteiger partial charge in [0.25, 0.3) is 11.5 Å². The van der Waals surface area contributed by atoms with Gasteiger partial charge in [0.15, 0.2) is 17.3 Å². The zero-order valence-electron chi connectivity index (χ0n) is 27.0. The fraction of sp³-hybridized carbons (Fsp3) is 0.406. The maximum absolute atomic E-state index is 14.1. The van der Waals surface area contributed by atoms with Crippen LogP contribution in [0.15, 0.2) is 35.3 Å². The number of anilines is 2. The number of benzene rings is 1. The molecule has 0 spiro atoms. The third-order valence-electron chi connectivity index (χ3n) is 8.52. The molecule has 1 fully saturated rings. The van der Waals surface area contributed by atoms with Gasteiger partial charge >= 0.3 is 6.18 Å². The van der Waals surface area contributed by atoms with Crippen molar-refractivity contribution in [1.82, 2.24) is 34.0 Å². The van der Waals surface area contributed by atoms with Crippen LogP contribution in [0, 0.1) is 13.8 Å². The molecule has 2 amide bonds. The molecule has 0 bridgehead atoms. The van der Waals surface area contributed by atoms with E-state index in [9.17, 15) is 32.7 Å². The van der Waals surface area contributed by atoms with Gasteiger partial charge in [-0.2, -0.15) is 22.7 Å². The predicted molar refractivity (Wildman–Crippen MR) is 171 cm³/mol. The molecule has 14 nitrogen and oxygen atoms in total. The molecule has 17 heteroatoms. The number of aromatic nitrogens is 6. The van der Waals surface area contributed by atoms with Crippen LogP contribution < -0.4 is 15.8 Å². The molecule has 0 unspecified atom stereocenters. The summed E-state index contributed by atoms with van der Waals surface area (Å²) in [5.74, 6) is -0.543. The smallest absolute Gasteiger partial charge is 0.416 e. The Morgan fingerprint density at radius 3 is 2.51 bits per heavy atom. The molecule has 2 aliphatic rings. The number of aryl methyl sites for hydroxylation is 2. The third-order valence-corrected chi connectivity index (χ3v) is 8.52. The van der Waals surface area contributed by atoms with Crippen LogP contribution in [0.3, 0.4) is 0 Å². The minimum atomic E-state index is -4.53. The van der Waals surface area contributed by atoms with Crippen molar-refractivity contribution in [3.63, 3.8) is 0 Å². The molecular weight excluding hydrogens is 647 g/mol. The predicted octanol–water partition coefficient (Wildman–Crippen LogP) is 2.99. The zero-order valence-corrected chi connectivity index (χ0v) is 27.0. The number of piperazine rings is 1. The molecule has 3 aromatic heterocycles. The highest BCUT2D eigenvalue weighted by atomic mass is 19.4. The van der Waals surface area contributed by atoms with Crippen LogP contribution in [-0.2, 0) is 28.7 Å². The standard InChI is InChI=1S/C32H34F3N9O5/c1-4-23-27(41-9-11-42(12-10-41)29(47)26-24(45)16-36-19(3)37-26)30(48)44-31(39-28(40-44)20-7-13-49-14-8-20)43(23)17-25(46)38-22-6-5-21(15-18(22)2)32(33,34)35/h5-7,15-16,45H,4,8-14,17H2,1-3H3,(H,38,46). The van der Waals surface area contributed by atoms with E-state index in [2.05, 4.69) is 25.4 Å². The van der Waals surface area contributed by atoms with Gasteiger partial charge in [-0.1, -0.05) is 13.0 Å². The molecule has 49 heavy (non-hydrogen) atoms. The SMILES string of the molecule is CCc1c(N2CCN(C(=O)c3nc(C)ncc3O)CC2)c(=O)n2nc(C3=CCOCC3)nc2n1CC(=O)Nc1ccc(C(F)(F)F)cc1C. The Morgan fingerprint density at radius 2 is 1.86 bits per heavy atom. The lowest BCUT2D eigenvalue weighted by Crippen LogP contribution is -2.51. The summed E-state index contributed by atoms with van der Waals surface area (Å²) in [7, 11) is 0. The number of alkyl halides is 3. The lowest BCUT2D eigenvalue weighted by atomic mass is 10.1. The van der Waals surface area contributed by atoms with E-state index in [0.29, 0.717) is 49.1 Å². The van der Waals surface area contributed by atoms with Gasteiger partial charge in [0.1, 0.15) is 18.1 Å². The van der Waals surface area contributed by atoms with Crippen LogP contribution in [0.4, 0.5) is 24.5 Å². The number of nitrogens with zero attached hydrogens (tertiary/aromatic N) is 8. The number of amides is 2. The Balaban J connectivity index is 1.35. The van der Waals surface area contributed by atoms with E-state index in [1.807, 2.05) is 17.9 Å². The van der Waals surface area contributed by atoms with E-state index in [1.54, 1.807) is 11.5 Å². The quantitative estimate of drug-likeness (QED) is 0.297. The number of carbonyl (C=O) groups is 2. The van der Waals surface area contributed by atoms with Crippen molar-refractivity contribution >= 4 is 34.5 Å². The van der Waals surface area contributed by atoms with Crippen molar-refractivity contribution in [3.05, 3.63) is 75.0 Å². The maximum atomic E-state index is 14.1. The normalized spacial score (nSPS) is 15.4. The van der Waals surface area contributed by atoms with Crippen molar-refractivity contribution in [3.8, 4) is 5.75 Å². The van der Waals surface area contributed by atoms with Gasteiger partial charge < -0.3 is 29.5 Å². The first-order valence-electron chi connectivity index (χ1n) is 15.7. The Kier molecular flexibility index (Phi) is 9.11. The number of hydrogen-bond donors (Lipinski definition) is 2. The zero-order chi connectivity index (χ0) is 35.0. The van der Waals surface area contributed by atoms with Crippen LogP contribution in [-0.4, -0.2) is 90.3 Å². The largest absolute Gasteiger partial charge is 0.504 e. The first-order valence-corrected chi connectivity index (χ1v) is 15.7. The van der Waals surface area contributed by atoms with E-state index in [4.69, 9.17) is 4.74 Å². The topological polar surface area (TPSA) is 160 Å². The molecule has 2 N–H and O–H groups in total. The van der Waals surface area contributed by atoms with Crippen molar-refractivity contribution in [2.45, 2.75) is 46.3 Å². The van der Waals surface area contributed by atoms with Gasteiger partial charge in [0.05, 0.1) is 30.7 Å². The summed E-state index contributed by atoms with van der Waals surface area (Å²) in [5, 5.41) is 17.4. The van der Waals surface area contributed by atoms with E-state index in [-0.39, 0.29) is 61.2 Å². The highest BCUT2D eigenvalue weighted by molar-refractivity contribution is 5.95. The van der Waals surface area contributed by atoms with Crippen molar-refractivity contribution in [1.29, 1.82) is 0 Å². The lowest BCUT2D eigenvalue weighted by Gasteiger charge is -2.36. The molecule has 0 aliphatic carbocycles. The third kappa shape index (κ3) is 6.70. The molecule has 0 radical (unpaired) electrons. The highest BCUT2D eigenvalue weighted by Gasteiger charge is 2.32. The highest BCUT2D eigenvalue weighted by Crippen LogP contribution is 2.32. The molecular formula is C32H34F3N9O5. The summed E-state index contributed by atoms with van der Waals surface area (Å²) in [6, 6.07) is 3.08. The second kappa shape index (κ2) is 13.3. The average Bonchev–Trinajstić information content (AvgIpc) is 3.54. The van der Waals surface area contributed by atoms with Gasteiger partial charge in [-0.25, -0.2) is 9.97 Å². The fourth-order valence-corrected chi connectivity index (χ4v) is 6.01. The van der Waals surface area contributed by atoms with Crippen LogP contribution in [0.1, 0.15) is 52.3 Å². The number of rotatable bonds is 7. The summed E-state index contributed by atoms with van der Waals surface area (Å²) in [6.45, 7) is 6.37. The van der Waals surface area contributed by atoms with E-state index in [1.165, 1.54) is 24.1 Å². The molecule has 0 atom stereocenters. The van der Waals surface area contributed by atoms with Crippen LogP contribution in [0.25, 0.3) is 11.4 Å². The summed E-state index contributed by atoms with van der Waals surface area (Å²) in [5.41, 5.74) is 0.655. The van der Waals surface area contributed by atoms with E-state index >= 15 is 0 Å². The van der Waals surface area contributed by atoms with Gasteiger partial charge in [-0.15, -0.1) is 5.10 Å². The van der Waals surface area contributed by atoms with E-state index < -0.39 is 29.1 Å². The Hall–Kier alpha value is -5.32. The number of fused-ring (bicyclic) bond motifs is 1. The second-order valence-electron chi connectivity index (χ2n) is 11.7. The lowest BCUT2D eigenvalue weighted by molar-refractivity contribution is -0.137. The van der Waals surface area contributed by atoms with Gasteiger partial charge in [0, 0.05) is 31.9 Å². The van der Waals surface area contributed by atoms with Gasteiger partial charge in [-0.3, -0.25) is 14.4 Å². The Labute approximate surface area is 277 Å². The number of hydrogen-bond acceptors (Lipinski definition) is 10. The molecule has 2 aliphatic heterocycles. The molecule has 5 heterocycles. The van der Waals surface area contributed by atoms with Crippen molar-refractivity contribution < 1.29 is 32.6 Å². The molecule has 1 saturated heterocycles. The molecule has 6 rings (SSSR count). The van der Waals surface area contributed by atoms with Crippen LogP contribution in [0.2, 0.25) is 0 Å². The van der Waals surface area contributed by atoms with Gasteiger partial charge in [0.2, 0.25) is 11.7 Å². The summed E-state index contributed by atoms with van der Waals surface area (Å²) >= 11 is 0. The minimum absolute atomic E-state index is 0.106. The average molecular weight is 682 g/mol.